The van der Waals surface area contributed by atoms with Crippen LogP contribution >= 0.6 is 0 Å². The fraction of sp³-hybridized carbons (Fsp3) is 0.846. The summed E-state index contributed by atoms with van der Waals surface area (Å²) < 4.78 is 16.0. The molecule has 0 saturated heterocycles. The van der Waals surface area contributed by atoms with Gasteiger partial charge in [0, 0.05) is 6.61 Å². The predicted molar refractivity (Wildman–Crippen MR) is 69.5 cm³/mol. The largest absolute Gasteiger partial charge is 0.379 e. The zero-order valence-corrected chi connectivity index (χ0v) is 11.7. The van der Waals surface area contributed by atoms with Crippen LogP contribution in [0.4, 0.5) is 0 Å². The third kappa shape index (κ3) is 3.52. The predicted octanol–water partition coefficient (Wildman–Crippen LogP) is 1.91. The zero-order valence-electron chi connectivity index (χ0n) is 11.7. The summed E-state index contributed by atoms with van der Waals surface area (Å²) in [4.78, 5) is 4.39. The highest BCUT2D eigenvalue weighted by Crippen LogP contribution is 2.35. The summed E-state index contributed by atoms with van der Waals surface area (Å²) >= 11 is 0. The first-order chi connectivity index (χ1) is 9.15. The van der Waals surface area contributed by atoms with Crippen molar-refractivity contribution in [2.45, 2.75) is 51.2 Å². The topological polar surface area (TPSA) is 83.4 Å². The van der Waals surface area contributed by atoms with Gasteiger partial charge in [0.05, 0.1) is 18.8 Å². The highest BCUT2D eigenvalue weighted by atomic mass is 16.5. The Morgan fingerprint density at radius 1 is 1.37 bits per heavy atom. The maximum atomic E-state index is 6.29. The van der Waals surface area contributed by atoms with Gasteiger partial charge in [0.25, 0.3) is 5.89 Å². The molecule has 1 saturated carbocycles. The molecule has 1 fully saturated rings. The molecular weight excluding hydrogens is 246 g/mol. The van der Waals surface area contributed by atoms with E-state index >= 15 is 0 Å². The molecule has 2 N–H and O–H groups in total. The van der Waals surface area contributed by atoms with Gasteiger partial charge in [0.2, 0.25) is 0 Å². The van der Waals surface area contributed by atoms with Crippen molar-refractivity contribution in [2.24, 2.45) is 5.73 Å². The molecule has 0 radical (unpaired) electrons. The Morgan fingerprint density at radius 2 is 2.11 bits per heavy atom. The zero-order chi connectivity index (χ0) is 13.7. The normalized spacial score (nSPS) is 19.7. The molecule has 1 unspecified atom stereocenters. The van der Waals surface area contributed by atoms with Crippen LogP contribution in [0.2, 0.25) is 0 Å². The van der Waals surface area contributed by atoms with E-state index in [2.05, 4.69) is 10.1 Å². The second kappa shape index (κ2) is 6.45. The minimum atomic E-state index is -0.410. The minimum absolute atomic E-state index is 0.230. The third-order valence-corrected chi connectivity index (χ3v) is 3.53. The highest BCUT2D eigenvalue weighted by Gasteiger charge is 2.36. The first-order valence-electron chi connectivity index (χ1n) is 6.98. The van der Waals surface area contributed by atoms with Crippen molar-refractivity contribution >= 4 is 0 Å². The van der Waals surface area contributed by atoms with Crippen LogP contribution in [0.15, 0.2) is 4.52 Å². The molecule has 6 nitrogen and oxygen atoms in total. The SMILES string of the molecule is CCOCCOC(C)c1nc(C2(N)CCCC2)no1. The van der Waals surface area contributed by atoms with Crippen molar-refractivity contribution in [3.05, 3.63) is 11.7 Å². The second-order valence-electron chi connectivity index (χ2n) is 5.03. The Morgan fingerprint density at radius 3 is 2.79 bits per heavy atom. The van der Waals surface area contributed by atoms with Crippen molar-refractivity contribution in [1.82, 2.24) is 10.1 Å². The Kier molecular flexibility index (Phi) is 4.90. The second-order valence-corrected chi connectivity index (χ2v) is 5.03. The van der Waals surface area contributed by atoms with Crippen LogP contribution in [0.1, 0.15) is 57.3 Å². The monoisotopic (exact) mass is 269 g/mol. The lowest BCUT2D eigenvalue weighted by atomic mass is 9.99. The summed E-state index contributed by atoms with van der Waals surface area (Å²) in [6.07, 6.45) is 3.87. The number of rotatable bonds is 7. The fourth-order valence-corrected chi connectivity index (χ4v) is 2.33. The van der Waals surface area contributed by atoms with Crippen molar-refractivity contribution in [1.29, 1.82) is 0 Å². The fourth-order valence-electron chi connectivity index (χ4n) is 2.33. The number of hydrogen-bond acceptors (Lipinski definition) is 6. The van der Waals surface area contributed by atoms with E-state index in [1.165, 1.54) is 0 Å². The van der Waals surface area contributed by atoms with Crippen molar-refractivity contribution in [3.63, 3.8) is 0 Å². The van der Waals surface area contributed by atoms with E-state index in [1.54, 1.807) is 0 Å². The van der Waals surface area contributed by atoms with Crippen LogP contribution in [0.25, 0.3) is 0 Å². The van der Waals surface area contributed by atoms with E-state index in [1.807, 2.05) is 13.8 Å². The van der Waals surface area contributed by atoms with Crippen LogP contribution in [0, 0.1) is 0 Å². The summed E-state index contributed by atoms with van der Waals surface area (Å²) in [6.45, 7) is 5.62. The number of nitrogens with zero attached hydrogens (tertiary/aromatic N) is 2. The Hall–Kier alpha value is -0.980. The summed E-state index contributed by atoms with van der Waals surface area (Å²) in [5.74, 6) is 1.10. The third-order valence-electron chi connectivity index (χ3n) is 3.53. The Labute approximate surface area is 113 Å². The average molecular weight is 269 g/mol. The molecule has 0 bridgehead atoms. The van der Waals surface area contributed by atoms with Crippen molar-refractivity contribution in [2.75, 3.05) is 19.8 Å². The van der Waals surface area contributed by atoms with Gasteiger partial charge in [-0.2, -0.15) is 4.98 Å². The van der Waals surface area contributed by atoms with Gasteiger partial charge < -0.3 is 19.7 Å². The van der Waals surface area contributed by atoms with E-state index in [0.29, 0.717) is 31.5 Å². The molecule has 0 aliphatic heterocycles. The lowest BCUT2D eigenvalue weighted by Crippen LogP contribution is -2.34. The molecule has 0 amide bonds. The highest BCUT2D eigenvalue weighted by molar-refractivity contribution is 5.06. The number of aromatic nitrogens is 2. The van der Waals surface area contributed by atoms with Crippen LogP contribution in [0.3, 0.4) is 0 Å². The first-order valence-corrected chi connectivity index (χ1v) is 6.98. The average Bonchev–Trinajstić information content (AvgIpc) is 3.04. The van der Waals surface area contributed by atoms with E-state index in [4.69, 9.17) is 19.7 Å². The van der Waals surface area contributed by atoms with Gasteiger partial charge in [-0.15, -0.1) is 0 Å². The standard InChI is InChI=1S/C13H23N3O3/c1-3-17-8-9-18-10(2)11-15-12(16-19-11)13(14)6-4-5-7-13/h10H,3-9,14H2,1-2H3. The summed E-state index contributed by atoms with van der Waals surface area (Å²) in [6, 6.07) is 0. The molecule has 6 heteroatoms. The molecule has 0 aromatic carbocycles. The first kappa shape index (κ1) is 14.4. The maximum Gasteiger partial charge on any atom is 0.255 e. The molecule has 1 aliphatic rings. The number of hydrogen-bond donors (Lipinski definition) is 1. The molecule has 1 aromatic heterocycles. The van der Waals surface area contributed by atoms with Gasteiger partial charge in [-0.3, -0.25) is 0 Å². The molecule has 1 atom stereocenters. The Balaban J connectivity index is 1.89. The van der Waals surface area contributed by atoms with E-state index in [0.717, 1.165) is 25.7 Å². The molecule has 1 aromatic rings. The molecule has 2 rings (SSSR count). The van der Waals surface area contributed by atoms with Crippen molar-refractivity contribution < 1.29 is 14.0 Å². The number of ether oxygens (including phenoxy) is 2. The van der Waals surface area contributed by atoms with Gasteiger partial charge in [-0.1, -0.05) is 18.0 Å². The smallest absolute Gasteiger partial charge is 0.255 e. The lowest BCUT2D eigenvalue weighted by molar-refractivity contribution is 0.00144. The molecule has 1 heterocycles. The Bertz CT molecular complexity index is 388. The molecule has 108 valence electrons. The van der Waals surface area contributed by atoms with E-state index in [-0.39, 0.29) is 6.10 Å². The summed E-state index contributed by atoms with van der Waals surface area (Å²) in [5.41, 5.74) is 5.88. The van der Waals surface area contributed by atoms with E-state index in [9.17, 15) is 0 Å². The van der Waals surface area contributed by atoms with Gasteiger partial charge in [0.15, 0.2) is 5.82 Å². The van der Waals surface area contributed by atoms with Gasteiger partial charge >= 0.3 is 0 Å². The van der Waals surface area contributed by atoms with Crippen LogP contribution in [0.5, 0.6) is 0 Å². The minimum Gasteiger partial charge on any atom is -0.379 e. The maximum absolute atomic E-state index is 6.29. The molecular formula is C13H23N3O3. The van der Waals surface area contributed by atoms with Gasteiger partial charge in [0.1, 0.15) is 6.10 Å². The summed E-state index contributed by atoms with van der Waals surface area (Å²) in [7, 11) is 0. The van der Waals surface area contributed by atoms with Crippen molar-refractivity contribution in [3.8, 4) is 0 Å². The molecule has 1 aliphatic carbocycles. The number of nitrogens with two attached hydrogens (primary N) is 1. The quantitative estimate of drug-likeness (QED) is 0.761. The summed E-state index contributed by atoms with van der Waals surface area (Å²) in [5, 5.41) is 4.01. The van der Waals surface area contributed by atoms with Crippen LogP contribution in [-0.4, -0.2) is 30.0 Å². The van der Waals surface area contributed by atoms with Gasteiger partial charge in [-0.05, 0) is 26.7 Å². The van der Waals surface area contributed by atoms with Crippen LogP contribution < -0.4 is 5.73 Å². The molecule has 19 heavy (non-hydrogen) atoms. The molecule has 0 spiro atoms. The van der Waals surface area contributed by atoms with Gasteiger partial charge in [-0.25, -0.2) is 0 Å². The lowest BCUT2D eigenvalue weighted by Gasteiger charge is -2.17. The van der Waals surface area contributed by atoms with E-state index < -0.39 is 5.54 Å². The van der Waals surface area contributed by atoms with Crippen LogP contribution in [-0.2, 0) is 15.0 Å².